The summed E-state index contributed by atoms with van der Waals surface area (Å²) in [6.07, 6.45) is 1.61. The van der Waals surface area contributed by atoms with Crippen molar-refractivity contribution in [3.8, 4) is 17.3 Å². The molecule has 0 saturated heterocycles. The van der Waals surface area contributed by atoms with Crippen LogP contribution in [-0.2, 0) is 4.79 Å². The van der Waals surface area contributed by atoms with Gasteiger partial charge in [0.2, 0.25) is 11.8 Å². The number of aryl methyl sites for hydroxylation is 1. The fraction of sp³-hybridized carbons (Fsp3) is 0.308. The maximum Gasteiger partial charge on any atom is 0.242 e. The number of hydrogen-bond donors (Lipinski definition) is 2. The van der Waals surface area contributed by atoms with Crippen LogP contribution in [-0.4, -0.2) is 33.6 Å². The van der Waals surface area contributed by atoms with E-state index in [-0.39, 0.29) is 5.91 Å². The molecule has 6 nitrogen and oxygen atoms in total. The monoisotopic (exact) mass is 294 g/mol. The molecule has 0 bridgehead atoms. The second-order valence-electron chi connectivity index (χ2n) is 4.29. The zero-order valence-corrected chi connectivity index (χ0v) is 12.2. The normalized spacial score (nSPS) is 12.0. The SMILES string of the molecule is COc1nc(-c2ccn[nH]2)c(NC(=O)C(C)Cl)cc1C. The number of rotatable bonds is 4. The van der Waals surface area contributed by atoms with Crippen LogP contribution in [0.4, 0.5) is 5.69 Å². The molecule has 0 aliphatic carbocycles. The molecule has 0 aliphatic heterocycles. The molecule has 2 heterocycles. The lowest BCUT2D eigenvalue weighted by molar-refractivity contribution is -0.115. The van der Waals surface area contributed by atoms with Gasteiger partial charge in [-0.2, -0.15) is 5.10 Å². The molecule has 0 saturated carbocycles. The average Bonchev–Trinajstić information content (AvgIpc) is 2.92. The number of carbonyl (C=O) groups is 1. The first-order valence-electron chi connectivity index (χ1n) is 6.03. The van der Waals surface area contributed by atoms with Crippen LogP contribution in [0, 0.1) is 6.92 Å². The summed E-state index contributed by atoms with van der Waals surface area (Å²) in [5.74, 6) is 0.199. The van der Waals surface area contributed by atoms with E-state index in [0.717, 1.165) is 5.56 Å². The van der Waals surface area contributed by atoms with E-state index in [1.165, 1.54) is 0 Å². The van der Waals surface area contributed by atoms with Crippen molar-refractivity contribution in [1.29, 1.82) is 0 Å². The van der Waals surface area contributed by atoms with Crippen LogP contribution in [0.25, 0.3) is 11.4 Å². The topological polar surface area (TPSA) is 79.9 Å². The third kappa shape index (κ3) is 2.91. The van der Waals surface area contributed by atoms with E-state index >= 15 is 0 Å². The number of carbonyl (C=O) groups excluding carboxylic acids is 1. The molecule has 1 unspecified atom stereocenters. The highest BCUT2D eigenvalue weighted by Crippen LogP contribution is 2.29. The van der Waals surface area contributed by atoms with Gasteiger partial charge in [-0.05, 0) is 26.0 Å². The van der Waals surface area contributed by atoms with Gasteiger partial charge in [0, 0.05) is 11.8 Å². The number of amides is 1. The van der Waals surface area contributed by atoms with Crippen molar-refractivity contribution < 1.29 is 9.53 Å². The summed E-state index contributed by atoms with van der Waals surface area (Å²) in [6.45, 7) is 3.46. The van der Waals surface area contributed by atoms with Crippen molar-refractivity contribution in [3.63, 3.8) is 0 Å². The molecular formula is C13H15ClN4O2. The van der Waals surface area contributed by atoms with Crippen molar-refractivity contribution in [3.05, 3.63) is 23.9 Å². The van der Waals surface area contributed by atoms with E-state index in [1.807, 2.05) is 6.92 Å². The highest BCUT2D eigenvalue weighted by Gasteiger charge is 2.17. The van der Waals surface area contributed by atoms with Crippen molar-refractivity contribution in [2.75, 3.05) is 12.4 Å². The molecule has 20 heavy (non-hydrogen) atoms. The Morgan fingerprint density at radius 3 is 2.85 bits per heavy atom. The summed E-state index contributed by atoms with van der Waals surface area (Å²) < 4.78 is 5.21. The molecule has 0 spiro atoms. The van der Waals surface area contributed by atoms with E-state index < -0.39 is 5.38 Å². The lowest BCUT2D eigenvalue weighted by atomic mass is 10.1. The summed E-state index contributed by atoms with van der Waals surface area (Å²) in [6, 6.07) is 3.55. The van der Waals surface area contributed by atoms with Crippen molar-refractivity contribution in [2.45, 2.75) is 19.2 Å². The molecule has 0 aromatic carbocycles. The number of aromatic amines is 1. The number of halogens is 1. The first-order valence-corrected chi connectivity index (χ1v) is 6.47. The minimum Gasteiger partial charge on any atom is -0.481 e. The van der Waals surface area contributed by atoms with Crippen LogP contribution in [0.1, 0.15) is 12.5 Å². The lowest BCUT2D eigenvalue weighted by Gasteiger charge is -2.13. The number of anilines is 1. The third-order valence-electron chi connectivity index (χ3n) is 2.74. The van der Waals surface area contributed by atoms with Gasteiger partial charge in [-0.1, -0.05) is 0 Å². The van der Waals surface area contributed by atoms with E-state index in [9.17, 15) is 4.79 Å². The zero-order chi connectivity index (χ0) is 14.7. The molecule has 2 aromatic rings. The molecule has 2 N–H and O–H groups in total. The van der Waals surface area contributed by atoms with E-state index in [1.54, 1.807) is 32.4 Å². The maximum atomic E-state index is 11.8. The van der Waals surface area contributed by atoms with Gasteiger partial charge in [0.25, 0.3) is 0 Å². The highest BCUT2D eigenvalue weighted by atomic mass is 35.5. The molecule has 1 atom stereocenters. The highest BCUT2D eigenvalue weighted by molar-refractivity contribution is 6.32. The summed E-state index contributed by atoms with van der Waals surface area (Å²) >= 11 is 5.78. The minimum atomic E-state index is -0.632. The lowest BCUT2D eigenvalue weighted by Crippen LogP contribution is -2.21. The molecular weight excluding hydrogens is 280 g/mol. The molecule has 0 fully saturated rings. The van der Waals surface area contributed by atoms with E-state index in [4.69, 9.17) is 16.3 Å². The Morgan fingerprint density at radius 2 is 2.30 bits per heavy atom. The summed E-state index contributed by atoms with van der Waals surface area (Å²) in [7, 11) is 1.55. The molecule has 2 rings (SSSR count). The number of methoxy groups -OCH3 is 1. The Morgan fingerprint density at radius 1 is 1.55 bits per heavy atom. The molecule has 1 amide bonds. The number of nitrogens with zero attached hydrogens (tertiary/aromatic N) is 2. The zero-order valence-electron chi connectivity index (χ0n) is 11.4. The van der Waals surface area contributed by atoms with E-state index in [2.05, 4.69) is 20.5 Å². The first kappa shape index (κ1) is 14.3. The first-order chi connectivity index (χ1) is 9.52. The fourth-order valence-electron chi connectivity index (χ4n) is 1.72. The van der Waals surface area contributed by atoms with Gasteiger partial charge >= 0.3 is 0 Å². The minimum absolute atomic E-state index is 0.293. The Balaban J connectivity index is 2.48. The van der Waals surface area contributed by atoms with Gasteiger partial charge in [0.15, 0.2) is 0 Å². The maximum absolute atomic E-state index is 11.8. The summed E-state index contributed by atoms with van der Waals surface area (Å²) in [4.78, 5) is 16.2. The van der Waals surface area contributed by atoms with Gasteiger partial charge in [0.05, 0.1) is 18.5 Å². The smallest absolute Gasteiger partial charge is 0.242 e. The van der Waals surface area contributed by atoms with Gasteiger partial charge in [-0.25, -0.2) is 4.98 Å². The third-order valence-corrected chi connectivity index (χ3v) is 2.93. The molecule has 0 radical (unpaired) electrons. The molecule has 106 valence electrons. The second kappa shape index (κ2) is 5.92. The quantitative estimate of drug-likeness (QED) is 0.848. The Labute approximate surface area is 121 Å². The van der Waals surface area contributed by atoms with Crippen LogP contribution in [0.15, 0.2) is 18.3 Å². The van der Waals surface area contributed by atoms with Crippen molar-refractivity contribution >= 4 is 23.2 Å². The standard InChI is InChI=1S/C13H15ClN4O2/c1-7-6-10(16-12(19)8(2)14)11(17-13(7)20-3)9-4-5-15-18-9/h4-6,8H,1-3H3,(H,15,18)(H,16,19). The number of nitrogens with one attached hydrogen (secondary N) is 2. The Kier molecular flexibility index (Phi) is 4.24. The fourth-order valence-corrected chi connectivity index (χ4v) is 1.78. The number of aromatic nitrogens is 3. The molecule has 7 heteroatoms. The largest absolute Gasteiger partial charge is 0.481 e. The molecule has 2 aromatic heterocycles. The Bertz CT molecular complexity index is 611. The summed E-state index contributed by atoms with van der Waals surface area (Å²) in [5, 5.41) is 8.82. The number of alkyl halides is 1. The molecule has 0 aliphatic rings. The van der Waals surface area contributed by atoms with Crippen molar-refractivity contribution in [1.82, 2.24) is 15.2 Å². The van der Waals surface area contributed by atoms with E-state index in [0.29, 0.717) is 23.0 Å². The number of hydrogen-bond acceptors (Lipinski definition) is 4. The predicted molar refractivity (Wildman–Crippen MR) is 77.1 cm³/mol. The van der Waals surface area contributed by atoms with Crippen molar-refractivity contribution in [2.24, 2.45) is 0 Å². The summed E-state index contributed by atoms with van der Waals surface area (Å²) in [5.41, 5.74) is 2.61. The van der Waals surface area contributed by atoms with Gasteiger partial charge < -0.3 is 10.1 Å². The Hall–Kier alpha value is -2.08. The average molecular weight is 295 g/mol. The number of pyridine rings is 1. The van der Waals surface area contributed by atoms with Crippen LogP contribution in [0.2, 0.25) is 0 Å². The van der Waals surface area contributed by atoms with Gasteiger partial charge in [0.1, 0.15) is 11.1 Å². The predicted octanol–water partition coefficient (Wildman–Crippen LogP) is 2.35. The number of ether oxygens (including phenoxy) is 1. The second-order valence-corrected chi connectivity index (χ2v) is 4.94. The van der Waals surface area contributed by atoms with Gasteiger partial charge in [-0.3, -0.25) is 9.89 Å². The van der Waals surface area contributed by atoms with Gasteiger partial charge in [-0.15, -0.1) is 11.6 Å². The number of H-pyrrole nitrogens is 1. The van der Waals surface area contributed by atoms with Crippen LogP contribution >= 0.6 is 11.6 Å². The van der Waals surface area contributed by atoms with Crippen LogP contribution in [0.3, 0.4) is 0 Å². The van der Waals surface area contributed by atoms with Crippen LogP contribution in [0.5, 0.6) is 5.88 Å². The van der Waals surface area contributed by atoms with Crippen LogP contribution < -0.4 is 10.1 Å².